The summed E-state index contributed by atoms with van der Waals surface area (Å²) in [6, 6.07) is 3.79. The number of fused-ring (bicyclic) bond motifs is 1. The highest BCUT2D eigenvalue weighted by Crippen LogP contribution is 2.48. The number of pyridine rings is 1. The smallest absolute Gasteiger partial charge is 0.395 e. The van der Waals surface area contributed by atoms with Crippen LogP contribution in [0.25, 0.3) is 0 Å². The topological polar surface area (TPSA) is 97.7 Å². The number of aliphatic hydroxyl groups is 2. The fourth-order valence-corrected chi connectivity index (χ4v) is 5.17. The highest BCUT2D eigenvalue weighted by molar-refractivity contribution is 5.54. The summed E-state index contributed by atoms with van der Waals surface area (Å²) in [7, 11) is 1.45. The number of hydrogen-bond donors (Lipinski definition) is 3. The van der Waals surface area contributed by atoms with E-state index in [0.717, 1.165) is 18.5 Å². The number of hydrogen-bond acceptors (Lipinski definition) is 7. The zero-order chi connectivity index (χ0) is 24.8. The van der Waals surface area contributed by atoms with Gasteiger partial charge in [0.2, 0.25) is 5.88 Å². The second-order valence-corrected chi connectivity index (χ2v) is 9.53. The van der Waals surface area contributed by atoms with Gasteiger partial charge in [-0.25, -0.2) is 4.98 Å². The molecule has 0 saturated carbocycles. The van der Waals surface area contributed by atoms with Gasteiger partial charge in [0.25, 0.3) is 0 Å². The van der Waals surface area contributed by atoms with Gasteiger partial charge in [-0.3, -0.25) is 5.10 Å². The van der Waals surface area contributed by atoms with Crippen molar-refractivity contribution in [3.8, 4) is 5.88 Å². The summed E-state index contributed by atoms with van der Waals surface area (Å²) in [5.74, 6) is -2.35. The van der Waals surface area contributed by atoms with Gasteiger partial charge in [0.15, 0.2) is 12.0 Å². The molecule has 34 heavy (non-hydrogen) atoms. The highest BCUT2D eigenvalue weighted by Gasteiger charge is 2.54. The van der Waals surface area contributed by atoms with Gasteiger partial charge in [-0.05, 0) is 32.8 Å². The van der Waals surface area contributed by atoms with Gasteiger partial charge in [0, 0.05) is 49.3 Å². The molecule has 2 aliphatic heterocycles. The Hall–Kier alpha value is -2.53. The first-order valence-corrected chi connectivity index (χ1v) is 11.6. The summed E-state index contributed by atoms with van der Waals surface area (Å²) >= 11 is 0. The quantitative estimate of drug-likeness (QED) is 0.613. The third-order valence-corrected chi connectivity index (χ3v) is 6.94. The minimum atomic E-state index is -4.67. The molecule has 0 bridgehead atoms. The first kappa shape index (κ1) is 24.6. The summed E-state index contributed by atoms with van der Waals surface area (Å²) in [4.78, 5) is 7.78. The molecule has 11 heteroatoms. The third-order valence-electron chi connectivity index (χ3n) is 6.94. The predicted octanol–water partition coefficient (Wildman–Crippen LogP) is 3.39. The van der Waals surface area contributed by atoms with E-state index in [2.05, 4.69) is 20.1 Å². The van der Waals surface area contributed by atoms with E-state index >= 15 is 0 Å². The number of aliphatic hydroxyl groups excluding tert-OH is 2. The first-order valence-electron chi connectivity index (χ1n) is 11.6. The average molecular weight is 484 g/mol. The van der Waals surface area contributed by atoms with Gasteiger partial charge in [0.05, 0.1) is 23.9 Å². The molecule has 0 radical (unpaired) electrons. The molecule has 0 spiro atoms. The van der Waals surface area contributed by atoms with E-state index in [0.29, 0.717) is 30.2 Å². The number of ether oxygens (including phenoxy) is 1. The number of aromatic amines is 1. The molecule has 188 valence electrons. The highest BCUT2D eigenvalue weighted by atomic mass is 19.4. The zero-order valence-electron chi connectivity index (χ0n) is 19.8. The molecule has 8 nitrogen and oxygen atoms in total. The van der Waals surface area contributed by atoms with Crippen molar-refractivity contribution in [3.05, 3.63) is 29.6 Å². The average Bonchev–Trinajstić information content (AvgIpc) is 3.20. The molecular weight excluding hydrogens is 451 g/mol. The van der Waals surface area contributed by atoms with Crippen LogP contribution in [0.2, 0.25) is 0 Å². The molecule has 4 heterocycles. The second kappa shape index (κ2) is 9.26. The van der Waals surface area contributed by atoms with Crippen molar-refractivity contribution < 1.29 is 28.1 Å². The fraction of sp³-hybridized carbons (Fsp3) is 0.652. The van der Waals surface area contributed by atoms with Crippen LogP contribution in [0.4, 0.5) is 24.7 Å². The van der Waals surface area contributed by atoms with Crippen LogP contribution in [0.1, 0.15) is 56.7 Å². The minimum Gasteiger partial charge on any atom is -0.475 e. The van der Waals surface area contributed by atoms with Crippen molar-refractivity contribution in [1.82, 2.24) is 15.2 Å². The molecule has 4 rings (SSSR count). The summed E-state index contributed by atoms with van der Waals surface area (Å²) in [6.07, 6.45) is -5.09. The monoisotopic (exact) mass is 483 g/mol. The molecule has 0 aliphatic carbocycles. The maximum Gasteiger partial charge on any atom is 0.395 e. The number of H-pyrrole nitrogens is 1. The number of rotatable bonds is 4. The fourth-order valence-electron chi connectivity index (χ4n) is 5.17. The molecule has 0 amide bonds. The van der Waals surface area contributed by atoms with Gasteiger partial charge in [0.1, 0.15) is 6.10 Å². The van der Waals surface area contributed by atoms with Crippen LogP contribution in [0.3, 0.4) is 0 Å². The van der Waals surface area contributed by atoms with Gasteiger partial charge >= 0.3 is 6.18 Å². The second-order valence-electron chi connectivity index (χ2n) is 9.53. The summed E-state index contributed by atoms with van der Waals surface area (Å²) < 4.78 is 47.3. The maximum atomic E-state index is 13.9. The molecule has 0 aromatic carbocycles. The molecule has 2 aromatic heterocycles. The van der Waals surface area contributed by atoms with Crippen molar-refractivity contribution in [2.75, 3.05) is 29.9 Å². The lowest BCUT2D eigenvalue weighted by molar-refractivity contribution is -0.216. The van der Waals surface area contributed by atoms with Crippen LogP contribution in [0.5, 0.6) is 5.88 Å². The van der Waals surface area contributed by atoms with Crippen molar-refractivity contribution >= 4 is 11.5 Å². The van der Waals surface area contributed by atoms with E-state index < -0.39 is 30.3 Å². The summed E-state index contributed by atoms with van der Waals surface area (Å²) in [6.45, 7) is 6.75. The van der Waals surface area contributed by atoms with Crippen LogP contribution in [-0.4, -0.2) is 70.1 Å². The largest absolute Gasteiger partial charge is 0.475 e. The lowest BCUT2D eigenvalue weighted by Crippen LogP contribution is -2.48. The van der Waals surface area contributed by atoms with Crippen molar-refractivity contribution in [2.45, 2.75) is 70.1 Å². The number of alkyl halides is 3. The van der Waals surface area contributed by atoms with Crippen LogP contribution in [0.15, 0.2) is 18.3 Å². The van der Waals surface area contributed by atoms with Crippen LogP contribution in [0, 0.1) is 5.92 Å². The van der Waals surface area contributed by atoms with E-state index in [1.807, 2.05) is 26.0 Å². The molecule has 1 saturated heterocycles. The summed E-state index contributed by atoms with van der Waals surface area (Å²) in [5, 5.41) is 27.9. The van der Waals surface area contributed by atoms with Crippen molar-refractivity contribution in [1.29, 1.82) is 0 Å². The third kappa shape index (κ3) is 4.55. The van der Waals surface area contributed by atoms with Crippen LogP contribution >= 0.6 is 0 Å². The summed E-state index contributed by atoms with van der Waals surface area (Å²) in [5.41, 5.74) is 2.05. The van der Waals surface area contributed by atoms with E-state index in [1.165, 1.54) is 18.9 Å². The number of piperidine rings is 1. The van der Waals surface area contributed by atoms with E-state index in [1.54, 1.807) is 6.20 Å². The molecule has 2 aliphatic rings. The molecule has 1 unspecified atom stereocenters. The van der Waals surface area contributed by atoms with Crippen molar-refractivity contribution in [3.63, 3.8) is 0 Å². The Bertz CT molecular complexity index is 973. The molecular formula is C23H32F3N5O3. The van der Waals surface area contributed by atoms with Gasteiger partial charge < -0.3 is 24.7 Å². The lowest BCUT2D eigenvalue weighted by Gasteiger charge is -2.34. The van der Waals surface area contributed by atoms with Gasteiger partial charge in [-0.2, -0.15) is 18.3 Å². The predicted molar refractivity (Wildman–Crippen MR) is 121 cm³/mol. The number of likely N-dealkylation sites (N-methyl/N-ethyl adjacent to an activating group) is 1. The van der Waals surface area contributed by atoms with Gasteiger partial charge in [-0.15, -0.1) is 0 Å². The SMILES string of the molecule is CC(C)Oc1ccc(N2CCC(c3[nH]nc4c3[C@H](C)[C@@H](C(F)(F)F)[C@@H](O)C(O)N4C)CC2)cn1. The standard InChI is InChI=1S/C23H32F3N5O3/c1-12(2)34-16-6-5-15(11-27-16)31-9-7-14(8-10-31)19-17-13(3)18(23(24,25)26)20(32)22(33)30(4)21(17)29-28-19/h5-6,11-14,18,20,22,32-33H,7-10H2,1-4H3,(H,28,29)/t13-,18+,20+,22?/m0/s1. The molecule has 1 fully saturated rings. The Morgan fingerprint density at radius 1 is 1.18 bits per heavy atom. The minimum absolute atomic E-state index is 0.0128. The molecule has 4 atom stereocenters. The van der Waals surface area contributed by atoms with E-state index in [4.69, 9.17) is 4.74 Å². The Kier molecular flexibility index (Phi) is 6.69. The number of halogens is 3. The van der Waals surface area contributed by atoms with Crippen LogP contribution < -0.4 is 14.5 Å². The number of nitrogens with zero attached hydrogens (tertiary/aromatic N) is 4. The Morgan fingerprint density at radius 3 is 2.41 bits per heavy atom. The maximum absolute atomic E-state index is 13.9. The Balaban J connectivity index is 1.54. The van der Waals surface area contributed by atoms with E-state index in [9.17, 15) is 23.4 Å². The van der Waals surface area contributed by atoms with Gasteiger partial charge in [-0.1, -0.05) is 6.92 Å². The Labute approximate surface area is 196 Å². The molecule has 3 N–H and O–H groups in total. The first-order chi connectivity index (χ1) is 16.0. The number of aromatic nitrogens is 3. The number of nitrogens with one attached hydrogen (secondary N) is 1. The normalized spacial score (nSPS) is 26.5. The zero-order valence-corrected chi connectivity index (χ0v) is 19.8. The Morgan fingerprint density at radius 2 is 1.85 bits per heavy atom. The van der Waals surface area contributed by atoms with E-state index in [-0.39, 0.29) is 17.8 Å². The van der Waals surface area contributed by atoms with Crippen molar-refractivity contribution in [2.24, 2.45) is 5.92 Å². The molecule has 2 aromatic rings. The van der Waals surface area contributed by atoms with Crippen LogP contribution in [-0.2, 0) is 0 Å². The number of anilines is 2. The lowest BCUT2D eigenvalue weighted by atomic mass is 9.80.